The fourth-order valence-corrected chi connectivity index (χ4v) is 2.78. The van der Waals surface area contributed by atoms with Gasteiger partial charge >= 0.3 is 12.1 Å². The molecule has 0 radical (unpaired) electrons. The molecule has 1 saturated heterocycles. The molecule has 152 valence electrons. The second kappa shape index (κ2) is 8.58. The van der Waals surface area contributed by atoms with Gasteiger partial charge < -0.3 is 24.3 Å². The third-order valence-corrected chi connectivity index (χ3v) is 4.23. The van der Waals surface area contributed by atoms with Crippen molar-refractivity contribution < 1.29 is 18.7 Å². The number of aromatic nitrogens is 2. The van der Waals surface area contributed by atoms with E-state index in [1.807, 2.05) is 25.7 Å². The number of alkyl carbamates (subject to hydrolysis) is 1. The number of aryl methyl sites for hydroxylation is 1. The Morgan fingerprint density at radius 1 is 1.19 bits per heavy atom. The molecule has 0 spiro atoms. The van der Waals surface area contributed by atoms with Crippen LogP contribution in [0, 0.1) is 5.92 Å². The summed E-state index contributed by atoms with van der Waals surface area (Å²) in [5, 5.41) is 10.7. The van der Waals surface area contributed by atoms with Crippen LogP contribution in [0.1, 0.15) is 47.4 Å². The van der Waals surface area contributed by atoms with Crippen LogP contribution >= 0.6 is 0 Å². The number of hydrogen-bond donors (Lipinski definition) is 1. The molecule has 0 bridgehead atoms. The Morgan fingerprint density at radius 2 is 1.81 bits per heavy atom. The first kappa shape index (κ1) is 21.0. The van der Waals surface area contributed by atoms with E-state index in [0.29, 0.717) is 44.5 Å². The number of carbonyl (C=O) groups excluding carboxylic acids is 2. The lowest BCUT2D eigenvalue weighted by Crippen LogP contribution is -2.57. The summed E-state index contributed by atoms with van der Waals surface area (Å²) in [6.07, 6.45) is 0.115. The SMILES string of the molecule is CCc1nnc(N2CCN(C(=O)C(NC(=O)OC(C)(C)C)C(C)C)CC2)o1. The third-order valence-electron chi connectivity index (χ3n) is 4.23. The number of piperazine rings is 1. The molecule has 0 aromatic carbocycles. The van der Waals surface area contributed by atoms with Gasteiger partial charge in [-0.1, -0.05) is 25.9 Å². The van der Waals surface area contributed by atoms with Crippen LogP contribution in [0.4, 0.5) is 10.8 Å². The first-order valence-electron chi connectivity index (χ1n) is 9.46. The molecule has 1 aliphatic rings. The summed E-state index contributed by atoms with van der Waals surface area (Å²) in [6, 6.07) is -0.132. The molecule has 2 amide bonds. The second-order valence-electron chi connectivity index (χ2n) is 8.01. The van der Waals surface area contributed by atoms with Gasteiger partial charge in [-0.05, 0) is 26.7 Å². The molecule has 1 aliphatic heterocycles. The molecule has 1 aromatic heterocycles. The molecular weight excluding hydrogens is 350 g/mol. The van der Waals surface area contributed by atoms with Crippen molar-refractivity contribution in [3.05, 3.63) is 5.89 Å². The molecule has 0 aliphatic carbocycles. The molecule has 9 nitrogen and oxygen atoms in total. The van der Waals surface area contributed by atoms with Crippen molar-refractivity contribution in [3.8, 4) is 0 Å². The average Bonchev–Trinajstić information content (AvgIpc) is 3.06. The van der Waals surface area contributed by atoms with Gasteiger partial charge in [0.05, 0.1) is 0 Å². The number of carbonyl (C=O) groups is 2. The molecule has 1 atom stereocenters. The largest absolute Gasteiger partial charge is 0.444 e. The van der Waals surface area contributed by atoms with E-state index >= 15 is 0 Å². The lowest BCUT2D eigenvalue weighted by atomic mass is 10.0. The number of anilines is 1. The fraction of sp³-hybridized carbons (Fsp3) is 0.778. The predicted molar refractivity (Wildman–Crippen MR) is 100 cm³/mol. The monoisotopic (exact) mass is 381 g/mol. The van der Waals surface area contributed by atoms with Crippen molar-refractivity contribution >= 4 is 18.0 Å². The van der Waals surface area contributed by atoms with Gasteiger partial charge in [-0.25, -0.2) is 4.79 Å². The lowest BCUT2D eigenvalue weighted by Gasteiger charge is -2.36. The van der Waals surface area contributed by atoms with Crippen LogP contribution in [0.5, 0.6) is 0 Å². The number of hydrogen-bond acceptors (Lipinski definition) is 7. The minimum Gasteiger partial charge on any atom is -0.444 e. The van der Waals surface area contributed by atoms with Crippen LogP contribution in [-0.2, 0) is 16.0 Å². The van der Waals surface area contributed by atoms with Crippen molar-refractivity contribution in [3.63, 3.8) is 0 Å². The summed E-state index contributed by atoms with van der Waals surface area (Å²) in [5.41, 5.74) is -0.609. The zero-order valence-corrected chi connectivity index (χ0v) is 17.1. The number of nitrogens with one attached hydrogen (secondary N) is 1. The second-order valence-corrected chi connectivity index (χ2v) is 8.01. The van der Waals surface area contributed by atoms with Crippen LogP contribution in [0.2, 0.25) is 0 Å². The van der Waals surface area contributed by atoms with Gasteiger partial charge in [-0.3, -0.25) is 4.79 Å². The molecule has 9 heteroatoms. The minimum atomic E-state index is -0.624. The highest BCUT2D eigenvalue weighted by Crippen LogP contribution is 2.17. The van der Waals surface area contributed by atoms with E-state index in [1.54, 1.807) is 25.7 Å². The number of nitrogens with zero attached hydrogens (tertiary/aromatic N) is 4. The summed E-state index contributed by atoms with van der Waals surface area (Å²) in [6.45, 7) is 13.4. The van der Waals surface area contributed by atoms with E-state index in [1.165, 1.54) is 0 Å². The van der Waals surface area contributed by atoms with Crippen molar-refractivity contribution in [2.45, 2.75) is 59.6 Å². The maximum atomic E-state index is 12.9. The minimum absolute atomic E-state index is 0.0499. The Balaban J connectivity index is 1.94. The Bertz CT molecular complexity index is 644. The maximum absolute atomic E-state index is 12.9. The van der Waals surface area contributed by atoms with E-state index in [4.69, 9.17) is 9.15 Å². The summed E-state index contributed by atoms with van der Waals surface area (Å²) in [5.74, 6) is 0.450. The molecular formula is C18H31N5O4. The van der Waals surface area contributed by atoms with Crippen molar-refractivity contribution in [1.82, 2.24) is 20.4 Å². The Labute approximate surface area is 160 Å². The van der Waals surface area contributed by atoms with Gasteiger partial charge in [0, 0.05) is 32.6 Å². The Hall–Kier alpha value is -2.32. The molecule has 1 N–H and O–H groups in total. The molecule has 1 fully saturated rings. The fourth-order valence-electron chi connectivity index (χ4n) is 2.78. The van der Waals surface area contributed by atoms with Gasteiger partial charge in [0.15, 0.2) is 0 Å². The summed E-state index contributed by atoms with van der Waals surface area (Å²) in [7, 11) is 0. The highest BCUT2D eigenvalue weighted by atomic mass is 16.6. The Kier molecular flexibility index (Phi) is 6.67. The normalized spacial score (nSPS) is 16.4. The van der Waals surface area contributed by atoms with Crippen LogP contribution in [0.3, 0.4) is 0 Å². The van der Waals surface area contributed by atoms with Crippen LogP contribution in [-0.4, -0.2) is 64.9 Å². The number of amides is 2. The van der Waals surface area contributed by atoms with Gasteiger partial charge in [0.2, 0.25) is 11.8 Å². The quantitative estimate of drug-likeness (QED) is 0.830. The first-order valence-corrected chi connectivity index (χ1v) is 9.46. The van der Waals surface area contributed by atoms with Gasteiger partial charge in [0.25, 0.3) is 0 Å². The average molecular weight is 381 g/mol. The van der Waals surface area contributed by atoms with E-state index in [2.05, 4.69) is 15.5 Å². The topological polar surface area (TPSA) is 101 Å². The summed E-state index contributed by atoms with van der Waals surface area (Å²) >= 11 is 0. The molecule has 27 heavy (non-hydrogen) atoms. The number of ether oxygens (including phenoxy) is 1. The summed E-state index contributed by atoms with van der Waals surface area (Å²) < 4.78 is 10.9. The third kappa shape index (κ3) is 5.83. The molecule has 1 aromatic rings. The van der Waals surface area contributed by atoms with Crippen molar-refractivity contribution in [2.24, 2.45) is 5.92 Å². The predicted octanol–water partition coefficient (Wildman–Crippen LogP) is 1.83. The highest BCUT2D eigenvalue weighted by Gasteiger charge is 2.32. The van der Waals surface area contributed by atoms with Gasteiger partial charge in [0.1, 0.15) is 11.6 Å². The van der Waals surface area contributed by atoms with E-state index in [9.17, 15) is 9.59 Å². The molecule has 2 heterocycles. The number of rotatable bonds is 5. The zero-order valence-electron chi connectivity index (χ0n) is 17.1. The van der Waals surface area contributed by atoms with Crippen LogP contribution in [0.25, 0.3) is 0 Å². The molecule has 2 rings (SSSR count). The molecule has 1 unspecified atom stereocenters. The molecule has 0 saturated carbocycles. The maximum Gasteiger partial charge on any atom is 0.408 e. The van der Waals surface area contributed by atoms with E-state index in [-0.39, 0.29) is 11.8 Å². The van der Waals surface area contributed by atoms with Gasteiger partial charge in [-0.2, -0.15) is 0 Å². The van der Waals surface area contributed by atoms with Crippen LogP contribution < -0.4 is 10.2 Å². The summed E-state index contributed by atoms with van der Waals surface area (Å²) in [4.78, 5) is 28.7. The first-order chi connectivity index (χ1) is 12.6. The van der Waals surface area contributed by atoms with Gasteiger partial charge in [-0.15, -0.1) is 5.10 Å². The van der Waals surface area contributed by atoms with Crippen molar-refractivity contribution in [2.75, 3.05) is 31.1 Å². The zero-order chi connectivity index (χ0) is 20.2. The lowest BCUT2D eigenvalue weighted by molar-refractivity contribution is -0.134. The van der Waals surface area contributed by atoms with E-state index in [0.717, 1.165) is 0 Å². The van der Waals surface area contributed by atoms with Crippen molar-refractivity contribution in [1.29, 1.82) is 0 Å². The highest BCUT2D eigenvalue weighted by molar-refractivity contribution is 5.86. The smallest absolute Gasteiger partial charge is 0.408 e. The standard InChI is InChI=1S/C18H31N5O4/c1-7-13-20-21-16(26-13)23-10-8-22(9-11-23)15(24)14(12(2)3)19-17(25)27-18(4,5)6/h12,14H,7-11H2,1-6H3,(H,19,25). The van der Waals surface area contributed by atoms with Crippen LogP contribution in [0.15, 0.2) is 4.42 Å². The Morgan fingerprint density at radius 3 is 2.30 bits per heavy atom. The van der Waals surface area contributed by atoms with E-state index < -0.39 is 17.7 Å².